The SMILES string of the molecule is CCC1c2nnc(o2)[C@H](Cc2ccccc2)NC(=O)[C@H](C)NC(=O)[C@H](CC(C)C)NC(=O)[C@H](C)NC(=O)[C@@H]2CCCN12. The Bertz CT molecular complexity index is 1250. The average molecular weight is 582 g/mol. The van der Waals surface area contributed by atoms with Crippen molar-refractivity contribution < 1.29 is 23.6 Å². The van der Waals surface area contributed by atoms with Gasteiger partial charge in [-0.1, -0.05) is 51.1 Å². The first-order chi connectivity index (χ1) is 20.1. The predicted octanol–water partition coefficient (Wildman–Crippen LogP) is 1.94. The van der Waals surface area contributed by atoms with Crippen LogP contribution in [0.3, 0.4) is 0 Å². The van der Waals surface area contributed by atoms with Crippen molar-refractivity contribution in [3.63, 3.8) is 0 Å². The van der Waals surface area contributed by atoms with Crippen molar-refractivity contribution in [2.75, 3.05) is 6.54 Å². The zero-order chi connectivity index (χ0) is 30.4. The number of aromatic nitrogens is 2. The van der Waals surface area contributed by atoms with Crippen LogP contribution >= 0.6 is 0 Å². The van der Waals surface area contributed by atoms with Crippen LogP contribution < -0.4 is 21.3 Å². The largest absolute Gasteiger partial charge is 0.421 e. The molecule has 6 atom stereocenters. The van der Waals surface area contributed by atoms with Gasteiger partial charge in [0.1, 0.15) is 24.2 Å². The van der Waals surface area contributed by atoms with E-state index in [-0.39, 0.29) is 23.8 Å². The van der Waals surface area contributed by atoms with Gasteiger partial charge in [-0.2, -0.15) is 0 Å². The topological polar surface area (TPSA) is 159 Å². The summed E-state index contributed by atoms with van der Waals surface area (Å²) in [7, 11) is 0. The van der Waals surface area contributed by atoms with Crippen LogP contribution in [-0.4, -0.2) is 69.4 Å². The molecule has 0 spiro atoms. The second-order valence-electron chi connectivity index (χ2n) is 11.7. The minimum absolute atomic E-state index is 0.0907. The summed E-state index contributed by atoms with van der Waals surface area (Å²) in [5.74, 6) is -0.930. The van der Waals surface area contributed by atoms with E-state index in [1.54, 1.807) is 13.8 Å². The van der Waals surface area contributed by atoms with Crippen LogP contribution in [0.15, 0.2) is 34.7 Å². The highest BCUT2D eigenvalue weighted by atomic mass is 16.4. The first kappa shape index (κ1) is 31.1. The van der Waals surface area contributed by atoms with Crippen molar-refractivity contribution in [3.05, 3.63) is 47.7 Å². The molecule has 1 aromatic carbocycles. The number of nitrogens with one attached hydrogen (secondary N) is 4. The fourth-order valence-corrected chi connectivity index (χ4v) is 5.62. The van der Waals surface area contributed by atoms with Gasteiger partial charge in [0.05, 0.1) is 12.1 Å². The van der Waals surface area contributed by atoms with E-state index in [9.17, 15) is 19.2 Å². The molecule has 0 aliphatic carbocycles. The summed E-state index contributed by atoms with van der Waals surface area (Å²) in [6.45, 7) is 9.72. The van der Waals surface area contributed by atoms with E-state index in [1.807, 2.05) is 56.0 Å². The number of hydrogen-bond acceptors (Lipinski definition) is 8. The van der Waals surface area contributed by atoms with E-state index in [1.165, 1.54) is 0 Å². The van der Waals surface area contributed by atoms with E-state index < -0.39 is 47.9 Å². The number of rotatable bonds is 5. The van der Waals surface area contributed by atoms with E-state index in [0.29, 0.717) is 38.1 Å². The summed E-state index contributed by atoms with van der Waals surface area (Å²) < 4.78 is 6.20. The number of benzene rings is 1. The molecule has 12 nitrogen and oxygen atoms in total. The van der Waals surface area contributed by atoms with Crippen LogP contribution in [-0.2, 0) is 25.6 Å². The summed E-state index contributed by atoms with van der Waals surface area (Å²) in [4.78, 5) is 55.2. The standard InChI is InChI=1S/C30H43N7O5/c1-6-23-30-36-35-29(42-30)22(16-20-11-8-7-9-12-20)34-26(39)18(4)31-27(40)21(15-17(2)3)33-25(38)19(5)32-28(41)24-13-10-14-37(23)24/h7-9,11-12,17-19,21-24H,6,10,13-16H2,1-5H3,(H,31,40)(H,32,41)(H,33,38)(H,34,39)/t18-,19-,21-,22-,23?,24-/m0/s1. The number of hydrogen-bond donors (Lipinski definition) is 4. The Hall–Kier alpha value is -3.80. The van der Waals surface area contributed by atoms with Crippen molar-refractivity contribution in [1.29, 1.82) is 0 Å². The third-order valence-corrected chi connectivity index (χ3v) is 7.87. The lowest BCUT2D eigenvalue weighted by Gasteiger charge is -2.30. The van der Waals surface area contributed by atoms with Gasteiger partial charge in [-0.3, -0.25) is 24.1 Å². The summed E-state index contributed by atoms with van der Waals surface area (Å²) in [6.07, 6.45) is 2.81. The van der Waals surface area contributed by atoms with E-state index >= 15 is 0 Å². The molecule has 1 unspecified atom stereocenters. The van der Waals surface area contributed by atoms with Gasteiger partial charge in [0, 0.05) is 6.42 Å². The van der Waals surface area contributed by atoms with Crippen LogP contribution in [0, 0.1) is 5.92 Å². The molecule has 2 bridgehead atoms. The molecule has 2 aliphatic rings. The highest BCUT2D eigenvalue weighted by Gasteiger charge is 2.39. The van der Waals surface area contributed by atoms with Gasteiger partial charge >= 0.3 is 0 Å². The quantitative estimate of drug-likeness (QED) is 0.417. The van der Waals surface area contributed by atoms with Crippen LogP contribution in [0.5, 0.6) is 0 Å². The van der Waals surface area contributed by atoms with Crippen LogP contribution in [0.25, 0.3) is 0 Å². The first-order valence-corrected chi connectivity index (χ1v) is 14.9. The summed E-state index contributed by atoms with van der Waals surface area (Å²) >= 11 is 0. The monoisotopic (exact) mass is 581 g/mol. The van der Waals surface area contributed by atoms with E-state index in [4.69, 9.17) is 4.42 Å². The van der Waals surface area contributed by atoms with Crippen molar-refractivity contribution in [3.8, 4) is 0 Å². The van der Waals surface area contributed by atoms with Crippen molar-refractivity contribution in [2.45, 2.75) is 103 Å². The zero-order valence-corrected chi connectivity index (χ0v) is 25.1. The second-order valence-corrected chi connectivity index (χ2v) is 11.7. The fourth-order valence-electron chi connectivity index (χ4n) is 5.62. The first-order valence-electron chi connectivity index (χ1n) is 14.9. The lowest BCUT2D eigenvalue weighted by molar-refractivity contribution is -0.134. The number of amides is 4. The molecular formula is C30H43N7O5. The van der Waals surface area contributed by atoms with Gasteiger partial charge in [-0.15, -0.1) is 10.2 Å². The zero-order valence-electron chi connectivity index (χ0n) is 25.1. The van der Waals surface area contributed by atoms with Crippen molar-refractivity contribution in [1.82, 2.24) is 36.4 Å². The lowest BCUT2D eigenvalue weighted by atomic mass is 10.0. The Labute approximate surface area is 246 Å². The van der Waals surface area contributed by atoms with Crippen LogP contribution in [0.4, 0.5) is 0 Å². The van der Waals surface area contributed by atoms with E-state index in [2.05, 4.69) is 31.5 Å². The predicted molar refractivity (Wildman–Crippen MR) is 155 cm³/mol. The lowest BCUT2D eigenvalue weighted by Crippen LogP contribution is -2.57. The van der Waals surface area contributed by atoms with Crippen LogP contribution in [0.2, 0.25) is 0 Å². The Morgan fingerprint density at radius 1 is 0.857 bits per heavy atom. The van der Waals surface area contributed by atoms with Gasteiger partial charge in [0.25, 0.3) is 0 Å². The Kier molecular flexibility index (Phi) is 10.3. The molecule has 12 heteroatoms. The molecule has 1 fully saturated rings. The molecule has 4 N–H and O–H groups in total. The third-order valence-electron chi connectivity index (χ3n) is 7.87. The highest BCUT2D eigenvalue weighted by Crippen LogP contribution is 2.32. The molecule has 4 amide bonds. The van der Waals surface area contributed by atoms with Gasteiger partial charge in [-0.25, -0.2) is 0 Å². The summed E-state index contributed by atoms with van der Waals surface area (Å²) in [6, 6.07) is 5.54. The van der Waals surface area contributed by atoms with Crippen molar-refractivity contribution in [2.24, 2.45) is 5.92 Å². The minimum Gasteiger partial charge on any atom is -0.421 e. The number of carbonyl (C=O) groups is 4. The van der Waals surface area contributed by atoms with Gasteiger partial charge in [0.2, 0.25) is 35.4 Å². The normalized spacial score (nSPS) is 28.2. The molecule has 1 saturated heterocycles. The molecule has 2 aromatic rings. The molecule has 228 valence electrons. The summed E-state index contributed by atoms with van der Waals surface area (Å²) in [5, 5.41) is 20.0. The van der Waals surface area contributed by atoms with Crippen molar-refractivity contribution >= 4 is 23.6 Å². The van der Waals surface area contributed by atoms with Gasteiger partial charge in [0.15, 0.2) is 0 Å². The molecule has 3 heterocycles. The molecule has 4 rings (SSSR count). The van der Waals surface area contributed by atoms with Gasteiger partial charge in [-0.05, 0) is 57.6 Å². The number of fused-ring (bicyclic) bond motifs is 3. The Balaban J connectivity index is 1.70. The maximum absolute atomic E-state index is 13.4. The number of nitrogens with zero attached hydrogens (tertiary/aromatic N) is 3. The Morgan fingerprint density at radius 2 is 1.48 bits per heavy atom. The molecule has 1 aromatic heterocycles. The maximum Gasteiger partial charge on any atom is 0.243 e. The smallest absolute Gasteiger partial charge is 0.243 e. The molecule has 42 heavy (non-hydrogen) atoms. The molecular weight excluding hydrogens is 538 g/mol. The van der Waals surface area contributed by atoms with Gasteiger partial charge < -0.3 is 25.7 Å². The third kappa shape index (κ3) is 7.53. The summed E-state index contributed by atoms with van der Waals surface area (Å²) in [5.41, 5.74) is 0.957. The molecule has 0 radical (unpaired) electrons. The fraction of sp³-hybridized carbons (Fsp3) is 0.600. The molecule has 2 aliphatic heterocycles. The number of carbonyl (C=O) groups excluding carboxylic acids is 4. The average Bonchev–Trinajstić information content (AvgIpc) is 3.63. The maximum atomic E-state index is 13.4. The van der Waals surface area contributed by atoms with E-state index in [0.717, 1.165) is 12.0 Å². The Morgan fingerprint density at radius 3 is 2.12 bits per heavy atom. The second kappa shape index (κ2) is 13.9. The molecule has 0 saturated carbocycles. The minimum atomic E-state index is -0.908. The highest BCUT2D eigenvalue weighted by molar-refractivity contribution is 5.94. The van der Waals surface area contributed by atoms with Crippen LogP contribution in [0.1, 0.15) is 89.7 Å².